The zero-order valence-electron chi connectivity index (χ0n) is 13.0. The average Bonchev–Trinajstić information content (AvgIpc) is 2.96. The highest BCUT2D eigenvalue weighted by Gasteiger charge is 2.15. The van der Waals surface area contributed by atoms with Gasteiger partial charge in [-0.25, -0.2) is 4.79 Å². The smallest absolute Gasteiger partial charge is 0.340 e. The Balaban J connectivity index is 1.83. The first-order chi connectivity index (χ1) is 11.1. The minimum atomic E-state index is -0.483. The zero-order chi connectivity index (χ0) is 16.4. The second-order valence-electron chi connectivity index (χ2n) is 4.97. The van der Waals surface area contributed by atoms with Crippen LogP contribution < -0.4 is 4.74 Å². The molecule has 0 N–H and O–H groups in total. The molecule has 2 aromatic heterocycles. The van der Waals surface area contributed by atoms with E-state index in [2.05, 4.69) is 15.2 Å². The molecule has 118 valence electrons. The van der Waals surface area contributed by atoms with E-state index in [1.54, 1.807) is 27.0 Å². The number of pyridine rings is 1. The summed E-state index contributed by atoms with van der Waals surface area (Å²) < 4.78 is 15.5. The summed E-state index contributed by atoms with van der Waals surface area (Å²) in [7, 11) is 1.60. The normalized spacial score (nSPS) is 10.7. The van der Waals surface area contributed by atoms with Gasteiger partial charge in [-0.05, 0) is 25.1 Å². The van der Waals surface area contributed by atoms with Crippen LogP contribution >= 0.6 is 0 Å². The van der Waals surface area contributed by atoms with E-state index in [4.69, 9.17) is 13.9 Å². The van der Waals surface area contributed by atoms with E-state index in [1.807, 2.05) is 18.2 Å². The van der Waals surface area contributed by atoms with E-state index in [0.717, 1.165) is 10.9 Å². The van der Waals surface area contributed by atoms with E-state index in [1.165, 1.54) is 0 Å². The predicted octanol–water partition coefficient (Wildman–Crippen LogP) is 2.60. The van der Waals surface area contributed by atoms with Crippen molar-refractivity contribution in [2.45, 2.75) is 20.5 Å². The maximum Gasteiger partial charge on any atom is 0.340 e. The first-order valence-electron chi connectivity index (χ1n) is 6.98. The van der Waals surface area contributed by atoms with Gasteiger partial charge < -0.3 is 13.9 Å². The van der Waals surface area contributed by atoms with Gasteiger partial charge >= 0.3 is 5.97 Å². The number of fused-ring (bicyclic) bond motifs is 1. The molecule has 0 aliphatic rings. The van der Waals surface area contributed by atoms with Gasteiger partial charge in [0.2, 0.25) is 5.89 Å². The molecule has 0 amide bonds. The highest BCUT2D eigenvalue weighted by molar-refractivity contribution is 5.95. The molecular weight excluding hydrogens is 298 g/mol. The fraction of sp³-hybridized carbons (Fsp3) is 0.250. The quantitative estimate of drug-likeness (QED) is 0.684. The van der Waals surface area contributed by atoms with Crippen molar-refractivity contribution < 1.29 is 18.7 Å². The summed E-state index contributed by atoms with van der Waals surface area (Å²) >= 11 is 0. The molecule has 0 spiro atoms. The van der Waals surface area contributed by atoms with Crippen LogP contribution in [0.4, 0.5) is 0 Å². The molecule has 7 heteroatoms. The molecule has 0 saturated carbocycles. The van der Waals surface area contributed by atoms with E-state index >= 15 is 0 Å². The summed E-state index contributed by atoms with van der Waals surface area (Å²) in [5.74, 6) is 0.913. The maximum absolute atomic E-state index is 12.2. The Labute approximate surface area is 132 Å². The van der Waals surface area contributed by atoms with Gasteiger partial charge in [0.15, 0.2) is 6.61 Å². The number of methoxy groups -OCH3 is 1. The van der Waals surface area contributed by atoms with Crippen LogP contribution in [-0.4, -0.2) is 28.3 Å². The fourth-order valence-electron chi connectivity index (χ4n) is 2.18. The molecule has 23 heavy (non-hydrogen) atoms. The van der Waals surface area contributed by atoms with Gasteiger partial charge in [0.05, 0.1) is 23.9 Å². The summed E-state index contributed by atoms with van der Waals surface area (Å²) in [6.07, 6.45) is 0. The molecule has 0 bridgehead atoms. The minimum absolute atomic E-state index is 0.0697. The van der Waals surface area contributed by atoms with Gasteiger partial charge in [0.25, 0.3) is 5.89 Å². The summed E-state index contributed by atoms with van der Waals surface area (Å²) in [4.78, 5) is 16.7. The van der Waals surface area contributed by atoms with Crippen LogP contribution in [0.15, 0.2) is 28.7 Å². The van der Waals surface area contributed by atoms with Crippen LogP contribution in [0.2, 0.25) is 0 Å². The second-order valence-corrected chi connectivity index (χ2v) is 4.97. The van der Waals surface area contributed by atoms with E-state index in [-0.39, 0.29) is 12.5 Å². The molecular formula is C16H15N3O4. The fourth-order valence-corrected chi connectivity index (χ4v) is 2.18. The highest BCUT2D eigenvalue weighted by atomic mass is 16.5. The summed E-state index contributed by atoms with van der Waals surface area (Å²) in [5.41, 5.74) is 1.74. The number of benzene rings is 1. The number of hydrogen-bond donors (Lipinski definition) is 0. The van der Waals surface area contributed by atoms with Crippen LogP contribution in [0.5, 0.6) is 5.75 Å². The Kier molecular flexibility index (Phi) is 3.92. The lowest BCUT2D eigenvalue weighted by atomic mass is 10.1. The molecule has 0 aliphatic heterocycles. The molecule has 1 aromatic carbocycles. The maximum atomic E-state index is 12.2. The zero-order valence-corrected chi connectivity index (χ0v) is 13.0. The lowest BCUT2D eigenvalue weighted by Crippen LogP contribution is -2.08. The van der Waals surface area contributed by atoms with Crippen molar-refractivity contribution in [3.05, 3.63) is 47.3 Å². The van der Waals surface area contributed by atoms with Gasteiger partial charge in [0.1, 0.15) is 5.75 Å². The third-order valence-electron chi connectivity index (χ3n) is 3.33. The molecule has 3 aromatic rings. The van der Waals surface area contributed by atoms with Crippen molar-refractivity contribution in [3.8, 4) is 5.75 Å². The van der Waals surface area contributed by atoms with Crippen molar-refractivity contribution in [3.63, 3.8) is 0 Å². The van der Waals surface area contributed by atoms with Crippen LogP contribution in [0.25, 0.3) is 10.9 Å². The Morgan fingerprint density at radius 1 is 1.22 bits per heavy atom. The Bertz CT molecular complexity index is 873. The van der Waals surface area contributed by atoms with Crippen molar-refractivity contribution in [1.82, 2.24) is 15.2 Å². The predicted molar refractivity (Wildman–Crippen MR) is 81.2 cm³/mol. The molecule has 0 aliphatic carbocycles. The van der Waals surface area contributed by atoms with Crippen molar-refractivity contribution in [1.29, 1.82) is 0 Å². The number of ether oxygens (including phenoxy) is 2. The number of nitrogens with zero attached hydrogens (tertiary/aromatic N) is 3. The van der Waals surface area contributed by atoms with E-state index < -0.39 is 5.97 Å². The molecule has 0 atom stereocenters. The Morgan fingerprint density at radius 2 is 2.04 bits per heavy atom. The standard InChI is InChI=1S/C16H15N3O4/c1-9-13(16(20)22-8-15-19-18-10(2)23-15)6-11-4-5-12(21-3)7-14(11)17-9/h4-7H,8H2,1-3H3. The van der Waals surface area contributed by atoms with Crippen LogP contribution in [0.1, 0.15) is 27.8 Å². The lowest BCUT2D eigenvalue weighted by molar-refractivity contribution is 0.0435. The van der Waals surface area contributed by atoms with E-state index in [9.17, 15) is 4.79 Å². The van der Waals surface area contributed by atoms with Crippen molar-refractivity contribution in [2.75, 3.05) is 7.11 Å². The largest absolute Gasteiger partial charge is 0.497 e. The first kappa shape index (κ1) is 15.0. The van der Waals surface area contributed by atoms with E-state index in [0.29, 0.717) is 22.9 Å². The third-order valence-corrected chi connectivity index (χ3v) is 3.33. The molecule has 0 radical (unpaired) electrons. The lowest BCUT2D eigenvalue weighted by Gasteiger charge is -2.08. The van der Waals surface area contributed by atoms with Crippen LogP contribution in [-0.2, 0) is 11.3 Å². The van der Waals surface area contributed by atoms with Crippen molar-refractivity contribution in [2.24, 2.45) is 0 Å². The number of rotatable bonds is 4. The monoisotopic (exact) mass is 313 g/mol. The molecule has 0 saturated heterocycles. The number of esters is 1. The SMILES string of the molecule is COc1ccc2cc(C(=O)OCc3nnc(C)o3)c(C)nc2c1. The van der Waals surface area contributed by atoms with Gasteiger partial charge in [-0.2, -0.15) is 0 Å². The minimum Gasteiger partial charge on any atom is -0.497 e. The van der Waals surface area contributed by atoms with Crippen LogP contribution in [0.3, 0.4) is 0 Å². The molecule has 3 rings (SSSR count). The van der Waals surface area contributed by atoms with Crippen LogP contribution in [0, 0.1) is 13.8 Å². The number of carbonyl (C=O) groups excluding carboxylic acids is 1. The Hall–Kier alpha value is -2.96. The van der Waals surface area contributed by atoms with Gasteiger partial charge in [0, 0.05) is 18.4 Å². The van der Waals surface area contributed by atoms with Gasteiger partial charge in [-0.3, -0.25) is 4.98 Å². The average molecular weight is 313 g/mol. The summed E-state index contributed by atoms with van der Waals surface area (Å²) in [6.45, 7) is 3.36. The first-order valence-corrected chi connectivity index (χ1v) is 6.98. The third kappa shape index (κ3) is 3.13. The topological polar surface area (TPSA) is 87.3 Å². The highest BCUT2D eigenvalue weighted by Crippen LogP contribution is 2.22. The van der Waals surface area contributed by atoms with Gasteiger partial charge in [-0.15, -0.1) is 10.2 Å². The molecule has 0 fully saturated rings. The second kappa shape index (κ2) is 6.04. The summed E-state index contributed by atoms with van der Waals surface area (Å²) in [5, 5.41) is 8.29. The van der Waals surface area contributed by atoms with Crippen molar-refractivity contribution >= 4 is 16.9 Å². The molecule has 2 heterocycles. The summed E-state index contributed by atoms with van der Waals surface area (Å²) in [6, 6.07) is 7.23. The number of aryl methyl sites for hydroxylation is 2. The molecule has 0 unspecified atom stereocenters. The Morgan fingerprint density at radius 3 is 2.74 bits per heavy atom. The number of hydrogen-bond acceptors (Lipinski definition) is 7. The van der Waals surface area contributed by atoms with Gasteiger partial charge in [-0.1, -0.05) is 0 Å². The number of carbonyl (C=O) groups is 1. The number of aromatic nitrogens is 3. The molecule has 7 nitrogen and oxygen atoms in total.